The molecule has 0 bridgehead atoms. The lowest BCUT2D eigenvalue weighted by Crippen LogP contribution is -2.50. The van der Waals surface area contributed by atoms with Gasteiger partial charge in [0.2, 0.25) is 0 Å². The van der Waals surface area contributed by atoms with Gasteiger partial charge in [0.1, 0.15) is 0 Å². The average Bonchev–Trinajstić information content (AvgIpc) is 2.36. The fourth-order valence-electron chi connectivity index (χ4n) is 1.48. The Morgan fingerprint density at radius 2 is 2.36 bits per heavy atom. The summed E-state index contributed by atoms with van der Waals surface area (Å²) in [4.78, 5) is 0. The van der Waals surface area contributed by atoms with E-state index in [1.54, 1.807) is 0 Å². The normalized spacial score (nSPS) is 31.6. The number of halogens is 1. The number of hydrogen-bond acceptors (Lipinski definition) is 2. The highest BCUT2D eigenvalue weighted by Gasteiger charge is 2.33. The van der Waals surface area contributed by atoms with Crippen LogP contribution in [0.1, 0.15) is 20.3 Å². The van der Waals surface area contributed by atoms with Gasteiger partial charge in [-0.2, -0.15) is 0 Å². The molecule has 2 nitrogen and oxygen atoms in total. The van der Waals surface area contributed by atoms with Crippen LogP contribution in [0.15, 0.2) is 0 Å². The third kappa shape index (κ3) is 2.32. The lowest BCUT2D eigenvalue weighted by Gasteiger charge is -2.28. The fraction of sp³-hybridized carbons (Fsp3) is 1.00. The van der Waals surface area contributed by atoms with Gasteiger partial charge in [-0.3, -0.25) is 0 Å². The molecule has 1 fully saturated rings. The van der Waals surface area contributed by atoms with Crippen LogP contribution in [0.3, 0.4) is 0 Å². The molecule has 1 saturated heterocycles. The van der Waals surface area contributed by atoms with Crippen molar-refractivity contribution in [2.45, 2.75) is 31.8 Å². The molecule has 0 spiro atoms. The van der Waals surface area contributed by atoms with E-state index in [1.165, 1.54) is 0 Å². The van der Waals surface area contributed by atoms with Crippen LogP contribution in [0.4, 0.5) is 0 Å². The van der Waals surface area contributed by atoms with Gasteiger partial charge in [0.25, 0.3) is 0 Å². The standard InChI is InChI=1S/C8H16ClNO/c1-7(2)10-8(5-9)3-4-11-6-8/h7,10H,3-6H2,1-2H3. The average molecular weight is 178 g/mol. The molecule has 1 atom stereocenters. The van der Waals surface area contributed by atoms with E-state index >= 15 is 0 Å². The van der Waals surface area contributed by atoms with Crippen molar-refractivity contribution in [3.8, 4) is 0 Å². The second-order valence-corrected chi connectivity index (χ2v) is 3.78. The first-order valence-corrected chi connectivity index (χ1v) is 4.63. The van der Waals surface area contributed by atoms with Gasteiger partial charge >= 0.3 is 0 Å². The van der Waals surface area contributed by atoms with Crippen LogP contribution in [0.5, 0.6) is 0 Å². The predicted molar refractivity (Wildman–Crippen MR) is 47.2 cm³/mol. The highest BCUT2D eigenvalue weighted by Crippen LogP contribution is 2.20. The lowest BCUT2D eigenvalue weighted by molar-refractivity contribution is 0.169. The van der Waals surface area contributed by atoms with Crippen LogP contribution in [0.25, 0.3) is 0 Å². The highest BCUT2D eigenvalue weighted by atomic mass is 35.5. The molecule has 0 aromatic rings. The second-order valence-electron chi connectivity index (χ2n) is 3.52. The molecule has 1 rings (SSSR count). The van der Waals surface area contributed by atoms with Crippen LogP contribution in [-0.4, -0.2) is 30.7 Å². The number of hydrogen-bond donors (Lipinski definition) is 1. The highest BCUT2D eigenvalue weighted by molar-refractivity contribution is 6.18. The summed E-state index contributed by atoms with van der Waals surface area (Å²) >= 11 is 5.87. The first-order valence-electron chi connectivity index (χ1n) is 4.10. The van der Waals surface area contributed by atoms with E-state index in [1.807, 2.05) is 0 Å². The summed E-state index contributed by atoms with van der Waals surface area (Å²) in [5.74, 6) is 0.644. The van der Waals surface area contributed by atoms with E-state index in [4.69, 9.17) is 16.3 Å². The van der Waals surface area contributed by atoms with Gasteiger partial charge in [0, 0.05) is 18.5 Å². The summed E-state index contributed by atoms with van der Waals surface area (Å²) < 4.78 is 5.31. The molecule has 1 aliphatic heterocycles. The largest absolute Gasteiger partial charge is 0.379 e. The van der Waals surface area contributed by atoms with Gasteiger partial charge in [-0.05, 0) is 6.42 Å². The van der Waals surface area contributed by atoms with Crippen molar-refractivity contribution in [1.29, 1.82) is 0 Å². The Morgan fingerprint density at radius 3 is 2.73 bits per heavy atom. The van der Waals surface area contributed by atoms with Crippen LogP contribution in [0.2, 0.25) is 0 Å². The number of rotatable bonds is 3. The van der Waals surface area contributed by atoms with Crippen molar-refractivity contribution in [3.05, 3.63) is 0 Å². The molecule has 1 unspecified atom stereocenters. The SMILES string of the molecule is CC(C)NC1(CCl)CCOC1. The summed E-state index contributed by atoms with van der Waals surface area (Å²) in [6.07, 6.45) is 1.04. The predicted octanol–water partition coefficient (Wildman–Crippen LogP) is 1.38. The zero-order chi connectivity index (χ0) is 8.32. The van der Waals surface area contributed by atoms with Gasteiger partial charge in [-0.15, -0.1) is 11.6 Å². The molecule has 0 aromatic heterocycles. The zero-order valence-electron chi connectivity index (χ0n) is 7.19. The Hall–Kier alpha value is 0.210. The lowest BCUT2D eigenvalue weighted by atomic mass is 10.0. The second kappa shape index (κ2) is 3.74. The third-order valence-electron chi connectivity index (χ3n) is 1.95. The Balaban J connectivity index is 2.45. The molecule has 0 aromatic carbocycles. The van der Waals surface area contributed by atoms with Gasteiger partial charge in [-0.25, -0.2) is 0 Å². The first-order chi connectivity index (χ1) is 5.18. The minimum Gasteiger partial charge on any atom is -0.379 e. The molecule has 0 radical (unpaired) electrons. The van der Waals surface area contributed by atoms with Gasteiger partial charge in [-0.1, -0.05) is 13.8 Å². The smallest absolute Gasteiger partial charge is 0.0660 e. The maximum atomic E-state index is 5.87. The van der Waals surface area contributed by atoms with Gasteiger partial charge in [0.05, 0.1) is 12.1 Å². The molecule has 0 amide bonds. The first kappa shape index (κ1) is 9.30. The summed E-state index contributed by atoms with van der Waals surface area (Å²) in [7, 11) is 0. The Bertz CT molecular complexity index is 121. The molecule has 1 aliphatic rings. The molecule has 1 heterocycles. The number of nitrogens with one attached hydrogen (secondary N) is 1. The van der Waals surface area contributed by atoms with E-state index < -0.39 is 0 Å². The fourth-order valence-corrected chi connectivity index (χ4v) is 1.77. The molecular formula is C8H16ClNO. The van der Waals surface area contributed by atoms with E-state index in [9.17, 15) is 0 Å². The van der Waals surface area contributed by atoms with Crippen molar-refractivity contribution < 1.29 is 4.74 Å². The maximum absolute atomic E-state index is 5.87. The Kier molecular flexibility index (Phi) is 3.16. The van der Waals surface area contributed by atoms with E-state index in [0.29, 0.717) is 11.9 Å². The number of ether oxygens (including phenoxy) is 1. The van der Waals surface area contributed by atoms with E-state index in [2.05, 4.69) is 19.2 Å². The van der Waals surface area contributed by atoms with E-state index in [-0.39, 0.29) is 5.54 Å². The summed E-state index contributed by atoms with van der Waals surface area (Å²) in [6, 6.07) is 0.482. The Morgan fingerprint density at radius 1 is 1.64 bits per heavy atom. The van der Waals surface area contributed by atoms with Crippen molar-refractivity contribution in [1.82, 2.24) is 5.32 Å². The third-order valence-corrected chi connectivity index (χ3v) is 2.47. The molecular weight excluding hydrogens is 162 g/mol. The van der Waals surface area contributed by atoms with E-state index in [0.717, 1.165) is 19.6 Å². The Labute approximate surface area is 73.3 Å². The zero-order valence-corrected chi connectivity index (χ0v) is 7.95. The van der Waals surface area contributed by atoms with Crippen LogP contribution >= 0.6 is 11.6 Å². The van der Waals surface area contributed by atoms with Crippen molar-refractivity contribution >= 4 is 11.6 Å². The van der Waals surface area contributed by atoms with Gasteiger partial charge in [0.15, 0.2) is 0 Å². The summed E-state index contributed by atoms with van der Waals surface area (Å²) in [6.45, 7) is 5.86. The molecule has 3 heteroatoms. The summed E-state index contributed by atoms with van der Waals surface area (Å²) in [5.41, 5.74) is 0.0513. The van der Waals surface area contributed by atoms with Crippen molar-refractivity contribution in [2.24, 2.45) is 0 Å². The van der Waals surface area contributed by atoms with Crippen molar-refractivity contribution in [2.75, 3.05) is 19.1 Å². The van der Waals surface area contributed by atoms with Crippen LogP contribution in [0, 0.1) is 0 Å². The van der Waals surface area contributed by atoms with Crippen LogP contribution in [-0.2, 0) is 4.74 Å². The minimum atomic E-state index is 0.0513. The molecule has 0 aliphatic carbocycles. The topological polar surface area (TPSA) is 21.3 Å². The minimum absolute atomic E-state index is 0.0513. The van der Waals surface area contributed by atoms with Crippen LogP contribution < -0.4 is 5.32 Å². The number of alkyl halides is 1. The molecule has 1 N–H and O–H groups in total. The molecule has 11 heavy (non-hydrogen) atoms. The monoisotopic (exact) mass is 177 g/mol. The quantitative estimate of drug-likeness (QED) is 0.658. The molecule has 66 valence electrons. The molecule has 0 saturated carbocycles. The van der Waals surface area contributed by atoms with Crippen molar-refractivity contribution in [3.63, 3.8) is 0 Å². The van der Waals surface area contributed by atoms with Gasteiger partial charge < -0.3 is 10.1 Å². The maximum Gasteiger partial charge on any atom is 0.0660 e. The summed E-state index contributed by atoms with van der Waals surface area (Å²) in [5, 5.41) is 3.45.